The Hall–Kier alpha value is -5.77. The summed E-state index contributed by atoms with van der Waals surface area (Å²) >= 11 is 0. The minimum absolute atomic E-state index is 0. The zero-order valence-electron chi connectivity index (χ0n) is 38.8. The van der Waals surface area contributed by atoms with Crippen molar-refractivity contribution in [3.05, 3.63) is 189 Å². The Morgan fingerprint density at radius 2 is 1.34 bits per heavy atom. The van der Waals surface area contributed by atoms with Gasteiger partial charge in [0.05, 0.1) is 16.9 Å². The fraction of sp³-hybridized carbons (Fsp3) is 0.276. The molecule has 5 nitrogen and oxygen atoms in total. The second kappa shape index (κ2) is 14.4. The van der Waals surface area contributed by atoms with Crippen molar-refractivity contribution in [2.75, 3.05) is 9.80 Å². The Morgan fingerprint density at radius 1 is 0.672 bits per heavy atom. The van der Waals surface area contributed by atoms with Gasteiger partial charge in [0.1, 0.15) is 5.82 Å². The molecule has 0 saturated heterocycles. The van der Waals surface area contributed by atoms with E-state index >= 15 is 0 Å². The van der Waals surface area contributed by atoms with Crippen LogP contribution in [0.5, 0.6) is 0 Å². The van der Waals surface area contributed by atoms with Gasteiger partial charge in [-0.15, -0.1) is 46.3 Å². The quantitative estimate of drug-likeness (QED) is 0.165. The molecule has 0 radical (unpaired) electrons. The molecule has 0 fully saturated rings. The zero-order valence-corrected chi connectivity index (χ0v) is 41.1. The minimum atomic E-state index is -0.416. The van der Waals surface area contributed by atoms with Crippen LogP contribution in [0.25, 0.3) is 27.6 Å². The normalized spacial score (nSPS) is 19.6. The second-order valence-electron chi connectivity index (χ2n) is 20.4. The van der Waals surface area contributed by atoms with Gasteiger partial charge >= 0.3 is 21.1 Å². The van der Waals surface area contributed by atoms with Crippen LogP contribution in [-0.2, 0) is 43.9 Å². The fourth-order valence-corrected chi connectivity index (χ4v) is 11.5. The van der Waals surface area contributed by atoms with Crippen molar-refractivity contribution in [2.24, 2.45) is 4.99 Å². The molecule has 0 spiro atoms. The third-order valence-electron chi connectivity index (χ3n) is 14.7. The Bertz CT molecular complexity index is 3250. The number of rotatable bonds is 4. The summed E-state index contributed by atoms with van der Waals surface area (Å²) in [5.74, 6) is 1.86. The summed E-state index contributed by atoms with van der Waals surface area (Å²) in [5, 5.41) is 2.36. The molecule has 2 aliphatic heterocycles. The summed E-state index contributed by atoms with van der Waals surface area (Å²) in [6, 6.07) is 50.8. The summed E-state index contributed by atoms with van der Waals surface area (Å²) in [4.78, 5) is 15.9. The number of nitrogens with zero attached hydrogens (tertiary/aromatic N) is 5. The molecule has 0 amide bonds. The van der Waals surface area contributed by atoms with E-state index in [9.17, 15) is 0 Å². The predicted octanol–water partition coefficient (Wildman–Crippen LogP) is 13.9. The van der Waals surface area contributed by atoms with E-state index in [1.165, 1.54) is 61.0 Å². The molecule has 64 heavy (non-hydrogen) atoms. The SMILES string of the molecule is Cc1cc(C2=N[C@]3(C)Cc4ccccc4[C@]3(C)N2c2c(C)cc(C)cc2C)[c-]c(N2c3[c-]c4c(cc3C(C)(C)c3ccccc32)c2ccccc2n4-c2cc(C(C)(C)C)ccn2)c1.[Pt+2]. The third kappa shape index (κ3) is 5.92. The molecule has 6 aromatic carbocycles. The molecule has 0 unspecified atom stereocenters. The zero-order chi connectivity index (χ0) is 44.0. The summed E-state index contributed by atoms with van der Waals surface area (Å²) in [5.41, 5.74) is 17.7. The number of aromatic nitrogens is 2. The van der Waals surface area contributed by atoms with Gasteiger partial charge < -0.3 is 19.4 Å². The van der Waals surface area contributed by atoms with Gasteiger partial charge in [0.2, 0.25) is 0 Å². The van der Waals surface area contributed by atoms with E-state index in [4.69, 9.17) is 9.98 Å². The first-order valence-corrected chi connectivity index (χ1v) is 22.5. The topological polar surface area (TPSA) is 36.7 Å². The first-order chi connectivity index (χ1) is 30.0. The third-order valence-corrected chi connectivity index (χ3v) is 14.7. The fourth-order valence-electron chi connectivity index (χ4n) is 11.5. The van der Waals surface area contributed by atoms with Crippen LogP contribution in [0.3, 0.4) is 0 Å². The molecule has 1 aliphatic carbocycles. The molecule has 2 atom stereocenters. The van der Waals surface area contributed by atoms with Crippen LogP contribution in [0, 0.1) is 39.8 Å². The van der Waals surface area contributed by atoms with Crippen LogP contribution in [0.2, 0.25) is 0 Å². The summed E-state index contributed by atoms with van der Waals surface area (Å²) < 4.78 is 2.31. The Balaban J connectivity index is 0.00000484. The second-order valence-corrected chi connectivity index (χ2v) is 20.4. The molecule has 0 saturated carbocycles. The van der Waals surface area contributed by atoms with Gasteiger partial charge in [-0.1, -0.05) is 131 Å². The maximum absolute atomic E-state index is 5.85. The average molecular weight is 1020 g/mol. The van der Waals surface area contributed by atoms with E-state index in [0.717, 1.165) is 57.3 Å². The van der Waals surface area contributed by atoms with Crippen molar-refractivity contribution in [1.82, 2.24) is 9.55 Å². The number of hydrogen-bond donors (Lipinski definition) is 0. The molecule has 6 heteroatoms. The van der Waals surface area contributed by atoms with E-state index in [-0.39, 0.29) is 31.9 Å². The van der Waals surface area contributed by atoms with Crippen LogP contribution in [0.4, 0.5) is 22.7 Å². The van der Waals surface area contributed by atoms with E-state index in [0.29, 0.717) is 0 Å². The van der Waals surface area contributed by atoms with Crippen molar-refractivity contribution in [2.45, 2.75) is 104 Å². The monoisotopic (exact) mass is 1020 g/mol. The summed E-state index contributed by atoms with van der Waals surface area (Å²) in [6.07, 6.45) is 2.82. The Labute approximate surface area is 393 Å². The molecule has 8 aromatic rings. The van der Waals surface area contributed by atoms with Crippen molar-refractivity contribution in [1.29, 1.82) is 0 Å². The van der Waals surface area contributed by atoms with E-state index in [1.54, 1.807) is 0 Å². The van der Waals surface area contributed by atoms with Gasteiger partial charge in [0, 0.05) is 23.1 Å². The number of amidine groups is 1. The van der Waals surface area contributed by atoms with Crippen molar-refractivity contribution < 1.29 is 21.1 Å². The number of aryl methyl sites for hydroxylation is 4. The summed E-state index contributed by atoms with van der Waals surface area (Å²) in [7, 11) is 0. The van der Waals surface area contributed by atoms with Crippen LogP contribution >= 0.6 is 0 Å². The predicted molar refractivity (Wildman–Crippen MR) is 262 cm³/mol. The Morgan fingerprint density at radius 3 is 2.09 bits per heavy atom. The first kappa shape index (κ1) is 42.2. The number of pyridine rings is 1. The minimum Gasteiger partial charge on any atom is -0.354 e. The molecule has 11 rings (SSSR count). The maximum atomic E-state index is 5.85. The standard InChI is InChI=1S/C58H55N5.Pt/c1-35-26-37(3)53(38(4)27-35)63-54(60-57(10)34-39-18-12-14-20-45(39)58(57,63)11)40-28-36(2)29-42(30-40)61-49-23-17-15-21-46(49)56(8,9)47-32-44-43-19-13-16-22-48(43)62(50(44)33-51(47)61)52-31-41(24-25-59-52)55(5,6)7;/h12-29,31-32H,34H2,1-11H3;/q-2;+2/t57-,58+;/m1./s1. The van der Waals surface area contributed by atoms with Crippen LogP contribution in [0.1, 0.15) is 104 Å². The number of hydrogen-bond acceptors (Lipinski definition) is 4. The summed E-state index contributed by atoms with van der Waals surface area (Å²) in [6.45, 7) is 25.2. The molecule has 4 heterocycles. The van der Waals surface area contributed by atoms with Gasteiger partial charge in [-0.2, -0.15) is 6.07 Å². The molecular weight excluding hydrogens is 962 g/mol. The van der Waals surface area contributed by atoms with E-state index in [2.05, 4.69) is 218 Å². The van der Waals surface area contributed by atoms with Crippen molar-refractivity contribution in [3.8, 4) is 5.82 Å². The van der Waals surface area contributed by atoms with Gasteiger partial charge in [0.25, 0.3) is 0 Å². The van der Waals surface area contributed by atoms with E-state index < -0.39 is 11.1 Å². The molecule has 2 aromatic heterocycles. The average Bonchev–Trinajstić information content (AvgIpc) is 3.77. The number of para-hydroxylation sites is 2. The maximum Gasteiger partial charge on any atom is 2.00 e. The Kier molecular flexibility index (Phi) is 9.47. The van der Waals surface area contributed by atoms with Crippen LogP contribution in [0.15, 0.2) is 126 Å². The number of benzene rings is 6. The first-order valence-electron chi connectivity index (χ1n) is 22.5. The molecule has 322 valence electrons. The molecule has 3 aliphatic rings. The number of aliphatic imine (C=N–C) groups is 1. The van der Waals surface area contributed by atoms with Gasteiger partial charge in [-0.25, -0.2) is 4.98 Å². The molecule has 0 bridgehead atoms. The van der Waals surface area contributed by atoms with Gasteiger partial charge in [-0.05, 0) is 121 Å². The smallest absolute Gasteiger partial charge is 0.354 e. The largest absolute Gasteiger partial charge is 2.00 e. The molecular formula is C58H55N5Pt. The van der Waals surface area contributed by atoms with Crippen LogP contribution in [-0.4, -0.2) is 20.9 Å². The van der Waals surface area contributed by atoms with Gasteiger partial charge in [0.15, 0.2) is 0 Å². The molecule has 0 N–H and O–H groups in total. The van der Waals surface area contributed by atoms with Crippen LogP contribution < -0.4 is 9.80 Å². The van der Waals surface area contributed by atoms with Gasteiger partial charge in [-0.3, -0.25) is 0 Å². The number of anilines is 4. The van der Waals surface area contributed by atoms with Crippen molar-refractivity contribution >= 4 is 50.4 Å². The van der Waals surface area contributed by atoms with Crippen molar-refractivity contribution in [3.63, 3.8) is 0 Å². The van der Waals surface area contributed by atoms with E-state index in [1.807, 2.05) is 6.20 Å². The number of fused-ring (bicyclic) bond motifs is 8.